The second-order valence-electron chi connectivity index (χ2n) is 18.0. The zero-order chi connectivity index (χ0) is 44.3. The highest BCUT2D eigenvalue weighted by Crippen LogP contribution is 2.46. The summed E-state index contributed by atoms with van der Waals surface area (Å²) in [5.41, 5.74) is 0.482. The van der Waals surface area contributed by atoms with Crippen LogP contribution in [0.3, 0.4) is 0 Å². The molecule has 0 bridgehead atoms. The van der Waals surface area contributed by atoms with E-state index < -0.39 is 67.8 Å². The molecule has 2 heterocycles. The lowest BCUT2D eigenvalue weighted by Gasteiger charge is -2.36. The lowest BCUT2D eigenvalue weighted by Crippen LogP contribution is -2.58. The van der Waals surface area contributed by atoms with Crippen molar-refractivity contribution in [2.45, 2.75) is 128 Å². The predicted molar refractivity (Wildman–Crippen MR) is 232 cm³/mol. The first-order valence-corrected chi connectivity index (χ1v) is 22.3. The van der Waals surface area contributed by atoms with E-state index in [9.17, 15) is 27.6 Å². The van der Waals surface area contributed by atoms with Gasteiger partial charge in [0.1, 0.15) is 40.0 Å². The third-order valence-corrected chi connectivity index (χ3v) is 13.0. The van der Waals surface area contributed by atoms with Crippen LogP contribution in [-0.4, -0.2) is 95.2 Å². The van der Waals surface area contributed by atoms with Crippen molar-refractivity contribution in [3.8, 4) is 34.6 Å². The van der Waals surface area contributed by atoms with Crippen LogP contribution in [0.15, 0.2) is 66.9 Å². The zero-order valence-electron chi connectivity index (χ0n) is 36.2. The van der Waals surface area contributed by atoms with E-state index in [1.54, 1.807) is 33.9 Å². The number of alkyl carbamates (subject to hydrolysis) is 1. The Morgan fingerprint density at radius 3 is 2.33 bits per heavy atom. The molecule has 3 unspecified atom stereocenters. The topological polar surface area (TPSA) is 174 Å². The van der Waals surface area contributed by atoms with Crippen LogP contribution in [0, 0.1) is 17.3 Å². The third kappa shape index (κ3) is 10.8. The van der Waals surface area contributed by atoms with Crippen LogP contribution in [0.2, 0.25) is 0 Å². The second-order valence-corrected chi connectivity index (χ2v) is 20.1. The number of carbonyl (C=O) groups excluding carboxylic acids is 4. The van der Waals surface area contributed by atoms with Gasteiger partial charge in [0, 0.05) is 60.7 Å². The largest absolute Gasteiger partial charge is 0.497 e. The van der Waals surface area contributed by atoms with Gasteiger partial charge in [-0.3, -0.25) is 14.4 Å². The van der Waals surface area contributed by atoms with Crippen molar-refractivity contribution in [2.75, 3.05) is 13.7 Å². The van der Waals surface area contributed by atoms with Crippen molar-refractivity contribution in [2.24, 2.45) is 5.41 Å². The Bertz CT molecular complexity index is 2350. The fourth-order valence-electron chi connectivity index (χ4n) is 7.29. The summed E-state index contributed by atoms with van der Waals surface area (Å²) in [5, 5.41) is 3.46. The summed E-state index contributed by atoms with van der Waals surface area (Å²) in [6.07, 6.45) is 3.76. The van der Waals surface area contributed by atoms with Gasteiger partial charge in [-0.2, -0.15) is 0 Å². The van der Waals surface area contributed by atoms with Crippen molar-refractivity contribution in [3.05, 3.63) is 66.9 Å². The number of ether oxygens (including phenoxy) is 3. The molecule has 14 nitrogen and oxygen atoms in total. The molecule has 3 aliphatic rings. The quantitative estimate of drug-likeness (QED) is 0.143. The molecule has 1 saturated heterocycles. The predicted octanol–water partition coefficient (Wildman–Crippen LogP) is 6.48. The molecule has 1 aromatic heterocycles. The number of aromatic nitrogens is 1. The molecule has 2 N–H and O–H groups in total. The molecule has 6 rings (SSSR count). The Hall–Kier alpha value is -5.62. The molecular formula is C46H57N5O9S. The van der Waals surface area contributed by atoms with Crippen molar-refractivity contribution < 1.29 is 41.8 Å². The summed E-state index contributed by atoms with van der Waals surface area (Å²) in [4.78, 5) is 63.6. The summed E-state index contributed by atoms with van der Waals surface area (Å²) >= 11 is 0. The second kappa shape index (κ2) is 17.8. The molecule has 0 radical (unpaired) electrons. The van der Waals surface area contributed by atoms with Crippen LogP contribution in [-0.2, 0) is 29.1 Å². The Morgan fingerprint density at radius 2 is 1.72 bits per heavy atom. The number of likely N-dealkylation sites (tertiary alicyclic amines) is 1. The number of nitrogens with zero attached hydrogens (tertiary/aromatic N) is 3. The summed E-state index contributed by atoms with van der Waals surface area (Å²) in [5.74, 6) is 5.02. The minimum atomic E-state index is -4.04. The maximum atomic E-state index is 14.8. The fraction of sp³-hybridized carbons (Fsp3) is 0.500. The number of sulfonamides is 1. The Morgan fingerprint density at radius 1 is 1.02 bits per heavy atom. The number of fused-ring (bicyclic) bond motifs is 1. The number of nitrogens with one attached hydrogen (secondary N) is 2. The average molecular weight is 856 g/mol. The van der Waals surface area contributed by atoms with Crippen LogP contribution in [0.4, 0.5) is 4.79 Å². The molecule has 2 aliphatic carbocycles. The first-order valence-electron chi connectivity index (χ1n) is 20.8. The van der Waals surface area contributed by atoms with Gasteiger partial charge in [0.05, 0.1) is 24.9 Å². The molecular weight excluding hydrogens is 799 g/mol. The van der Waals surface area contributed by atoms with Gasteiger partial charge in [-0.1, -0.05) is 58.0 Å². The standard InChI is InChI=1S/C46H57N5O9S/c1-9-10-14-22-46(23-24-46)61(56,57)49-39(52)21-25-50(31-17-18-31)41(53)37-27-33(29-51(37)42(54)40(44(2,3)4)48-43(55)60-45(5,6)7)59-38-28-35(30-15-12-11-13-16-30)47-36-26-32(58-8)19-20-34(36)38/h11-13,15-16,19-21,25-26,28,31,33,37,40H,9,17-18,22-24,27,29H2,1-8H3,(H,48,55)(H,49,52). The smallest absolute Gasteiger partial charge is 0.408 e. The molecule has 326 valence electrons. The summed E-state index contributed by atoms with van der Waals surface area (Å²) in [6.45, 7) is 12.5. The number of hydrogen-bond acceptors (Lipinski definition) is 10. The minimum absolute atomic E-state index is 0.0115. The van der Waals surface area contributed by atoms with Crippen LogP contribution < -0.4 is 19.5 Å². The molecule has 3 fully saturated rings. The van der Waals surface area contributed by atoms with Gasteiger partial charge in [0.15, 0.2) is 0 Å². The van der Waals surface area contributed by atoms with Gasteiger partial charge in [-0.05, 0) is 64.0 Å². The van der Waals surface area contributed by atoms with Crippen LogP contribution in [0.5, 0.6) is 11.5 Å². The van der Waals surface area contributed by atoms with E-state index in [0.29, 0.717) is 60.2 Å². The number of amides is 4. The minimum Gasteiger partial charge on any atom is -0.497 e. The number of methoxy groups -OCH3 is 1. The normalized spacial score (nSPS) is 19.0. The Balaban J connectivity index is 1.32. The lowest BCUT2D eigenvalue weighted by atomic mass is 9.85. The molecule has 2 aromatic carbocycles. The monoisotopic (exact) mass is 855 g/mol. The Labute approximate surface area is 358 Å². The van der Waals surface area contributed by atoms with E-state index in [-0.39, 0.29) is 25.4 Å². The summed E-state index contributed by atoms with van der Waals surface area (Å²) < 4.78 is 45.3. The van der Waals surface area contributed by atoms with E-state index in [0.717, 1.165) is 11.6 Å². The number of hydrogen-bond donors (Lipinski definition) is 2. The highest BCUT2D eigenvalue weighted by Gasteiger charge is 2.55. The van der Waals surface area contributed by atoms with Gasteiger partial charge >= 0.3 is 6.09 Å². The number of rotatable bonds is 13. The van der Waals surface area contributed by atoms with Crippen molar-refractivity contribution in [1.29, 1.82) is 0 Å². The van der Waals surface area contributed by atoms with Gasteiger partial charge in [0.2, 0.25) is 21.8 Å². The van der Waals surface area contributed by atoms with Gasteiger partial charge in [-0.15, -0.1) is 11.8 Å². The molecule has 15 heteroatoms. The molecule has 3 aromatic rings. The van der Waals surface area contributed by atoms with Crippen molar-refractivity contribution in [1.82, 2.24) is 24.8 Å². The molecule has 61 heavy (non-hydrogen) atoms. The maximum Gasteiger partial charge on any atom is 0.408 e. The van der Waals surface area contributed by atoms with E-state index in [4.69, 9.17) is 19.2 Å². The zero-order valence-corrected chi connectivity index (χ0v) is 37.1. The summed E-state index contributed by atoms with van der Waals surface area (Å²) in [6, 6.07) is 14.5. The van der Waals surface area contributed by atoms with Crippen LogP contribution >= 0.6 is 0 Å². The summed E-state index contributed by atoms with van der Waals surface area (Å²) in [7, 11) is -2.47. The van der Waals surface area contributed by atoms with Crippen LogP contribution in [0.1, 0.15) is 93.4 Å². The van der Waals surface area contributed by atoms with Crippen molar-refractivity contribution >= 4 is 44.7 Å². The molecule has 4 amide bonds. The van der Waals surface area contributed by atoms with Crippen molar-refractivity contribution in [3.63, 3.8) is 0 Å². The van der Waals surface area contributed by atoms with E-state index in [1.165, 1.54) is 16.0 Å². The lowest BCUT2D eigenvalue weighted by molar-refractivity contribution is -0.145. The van der Waals surface area contributed by atoms with E-state index >= 15 is 0 Å². The fourth-order valence-corrected chi connectivity index (χ4v) is 8.74. The van der Waals surface area contributed by atoms with Crippen LogP contribution in [0.25, 0.3) is 22.2 Å². The highest BCUT2D eigenvalue weighted by atomic mass is 32.2. The number of pyridine rings is 1. The third-order valence-electron chi connectivity index (χ3n) is 10.9. The molecule has 1 aliphatic heterocycles. The molecule has 3 atom stereocenters. The highest BCUT2D eigenvalue weighted by molar-refractivity contribution is 7.91. The number of benzene rings is 2. The molecule has 0 spiro atoms. The Kier molecular flexibility index (Phi) is 13.1. The SMILES string of the molecule is CCC#CCC1(S(=O)(=O)NC(=O)C=CN(C(=O)C2CC(Oc3cc(-c4ccccc4)nc4cc(OC)ccc34)CN2C(=O)C(NC(=O)OC(C)(C)C)C(C)(C)C)C2CC2)CC1. The maximum absolute atomic E-state index is 14.8. The van der Waals surface area contributed by atoms with Gasteiger partial charge in [0.25, 0.3) is 5.91 Å². The van der Waals surface area contributed by atoms with Gasteiger partial charge in [-0.25, -0.2) is 22.9 Å². The first kappa shape index (κ1) is 44.9. The van der Waals surface area contributed by atoms with E-state index in [2.05, 4.69) is 21.9 Å². The van der Waals surface area contributed by atoms with E-state index in [1.807, 2.05) is 76.2 Å². The number of carbonyl (C=O) groups is 4. The van der Waals surface area contributed by atoms with Gasteiger partial charge < -0.3 is 29.3 Å². The molecule has 2 saturated carbocycles. The first-order chi connectivity index (χ1) is 28.7. The average Bonchev–Trinajstić information content (AvgIpc) is 4.14.